The summed E-state index contributed by atoms with van der Waals surface area (Å²) in [6, 6.07) is 10.8. The number of halogens is 3. The average molecular weight is 411 g/mol. The van der Waals surface area contributed by atoms with E-state index in [1.807, 2.05) is 0 Å². The van der Waals surface area contributed by atoms with Gasteiger partial charge in [0.1, 0.15) is 0 Å². The van der Waals surface area contributed by atoms with Gasteiger partial charge in [0, 0.05) is 22.6 Å². The number of hydrogen-bond donors (Lipinski definition) is 1. The first-order valence-corrected chi connectivity index (χ1v) is 8.95. The maximum absolute atomic E-state index is 12.3. The van der Waals surface area contributed by atoms with Gasteiger partial charge in [-0.1, -0.05) is 6.92 Å². The number of ketones is 1. The van der Waals surface area contributed by atoms with Crippen molar-refractivity contribution in [2.45, 2.75) is 23.7 Å². The fourth-order valence-corrected chi connectivity index (χ4v) is 2.62. The molecule has 9 heteroatoms. The number of rotatable bonds is 7. The number of anilines is 1. The minimum atomic E-state index is -4.41. The third-order valence-corrected chi connectivity index (χ3v) is 4.21. The van der Waals surface area contributed by atoms with Gasteiger partial charge in [-0.2, -0.15) is 13.2 Å². The molecule has 0 aromatic heterocycles. The van der Waals surface area contributed by atoms with Crippen LogP contribution in [0.15, 0.2) is 53.4 Å². The number of amides is 1. The first kappa shape index (κ1) is 21.5. The van der Waals surface area contributed by atoms with E-state index in [0.29, 0.717) is 17.7 Å². The minimum Gasteiger partial charge on any atom is -0.454 e. The Morgan fingerprint density at radius 1 is 0.964 bits per heavy atom. The molecule has 0 aliphatic carbocycles. The number of hydrogen-bond acceptors (Lipinski definition) is 5. The van der Waals surface area contributed by atoms with E-state index in [9.17, 15) is 27.6 Å². The van der Waals surface area contributed by atoms with Crippen LogP contribution in [0.2, 0.25) is 0 Å². The second-order valence-corrected chi connectivity index (χ2v) is 6.69. The lowest BCUT2D eigenvalue weighted by Crippen LogP contribution is -2.14. The predicted octanol–water partition coefficient (Wildman–Crippen LogP) is 4.69. The summed E-state index contributed by atoms with van der Waals surface area (Å²) in [5, 5.41) is 2.64. The number of esters is 1. The highest BCUT2D eigenvalue weighted by atomic mass is 32.2. The zero-order chi connectivity index (χ0) is 20.7. The lowest BCUT2D eigenvalue weighted by atomic mass is 10.1. The quantitative estimate of drug-likeness (QED) is 0.407. The molecule has 0 spiro atoms. The molecule has 0 saturated carbocycles. The third kappa shape index (κ3) is 6.73. The van der Waals surface area contributed by atoms with Gasteiger partial charge in [0.15, 0.2) is 12.4 Å². The Labute approximate surface area is 163 Å². The lowest BCUT2D eigenvalue weighted by Gasteiger charge is -2.08. The maximum atomic E-state index is 12.3. The van der Waals surface area contributed by atoms with E-state index in [4.69, 9.17) is 4.74 Å². The summed E-state index contributed by atoms with van der Waals surface area (Å²) in [5.74, 6) is -1.43. The van der Waals surface area contributed by atoms with Crippen molar-refractivity contribution >= 4 is 35.1 Å². The molecule has 0 unspecified atom stereocenters. The molecule has 148 valence electrons. The highest BCUT2D eigenvalue weighted by Crippen LogP contribution is 2.36. The monoisotopic (exact) mass is 411 g/mol. The van der Waals surface area contributed by atoms with Crippen LogP contribution in [0, 0.1) is 0 Å². The molecule has 5 nitrogen and oxygen atoms in total. The molecule has 2 aromatic rings. The Bertz CT molecular complexity index is 849. The Morgan fingerprint density at radius 2 is 1.54 bits per heavy atom. The molecular weight excluding hydrogens is 395 g/mol. The lowest BCUT2D eigenvalue weighted by molar-refractivity contribution is -0.115. The first-order chi connectivity index (χ1) is 13.2. The zero-order valence-corrected chi connectivity index (χ0v) is 15.5. The van der Waals surface area contributed by atoms with Gasteiger partial charge in [0.2, 0.25) is 5.91 Å². The van der Waals surface area contributed by atoms with E-state index in [1.54, 1.807) is 19.1 Å². The number of carbonyl (C=O) groups is 3. The second-order valence-electron chi connectivity index (χ2n) is 5.55. The molecule has 0 atom stereocenters. The van der Waals surface area contributed by atoms with Crippen LogP contribution in [0.4, 0.5) is 18.9 Å². The van der Waals surface area contributed by atoms with Crippen molar-refractivity contribution in [3.05, 3.63) is 59.7 Å². The summed E-state index contributed by atoms with van der Waals surface area (Å²) in [4.78, 5) is 35.3. The number of Topliss-reactive ketones (excluding diaryl/α,β-unsaturated/α-hetero) is 1. The SMILES string of the molecule is CCC(=O)Nc1ccc(C(=O)COC(=O)c2ccc(SC(F)(F)F)cc2)cc1. The number of nitrogens with one attached hydrogen (secondary N) is 1. The fraction of sp³-hybridized carbons (Fsp3) is 0.211. The van der Waals surface area contributed by atoms with Crippen molar-refractivity contribution < 1.29 is 32.3 Å². The van der Waals surface area contributed by atoms with Crippen LogP contribution in [-0.4, -0.2) is 29.8 Å². The Kier molecular flexibility index (Phi) is 7.22. The van der Waals surface area contributed by atoms with Crippen molar-refractivity contribution in [3.63, 3.8) is 0 Å². The summed E-state index contributed by atoms with van der Waals surface area (Å²) in [6.07, 6.45) is 0.326. The number of benzene rings is 2. The predicted molar refractivity (Wildman–Crippen MR) is 98.3 cm³/mol. The summed E-state index contributed by atoms with van der Waals surface area (Å²) in [5.41, 5.74) is -3.54. The van der Waals surface area contributed by atoms with Crippen molar-refractivity contribution in [1.82, 2.24) is 0 Å². The summed E-state index contributed by atoms with van der Waals surface area (Å²) < 4.78 is 41.8. The molecule has 0 radical (unpaired) electrons. The van der Waals surface area contributed by atoms with Gasteiger partial charge in [0.05, 0.1) is 5.56 Å². The van der Waals surface area contributed by atoms with Crippen LogP contribution < -0.4 is 5.32 Å². The van der Waals surface area contributed by atoms with Gasteiger partial charge in [-0.25, -0.2) is 4.79 Å². The van der Waals surface area contributed by atoms with Crippen LogP contribution in [0.3, 0.4) is 0 Å². The first-order valence-electron chi connectivity index (χ1n) is 8.14. The van der Waals surface area contributed by atoms with E-state index in [0.717, 1.165) is 12.1 Å². The van der Waals surface area contributed by atoms with E-state index >= 15 is 0 Å². The zero-order valence-electron chi connectivity index (χ0n) is 14.7. The van der Waals surface area contributed by atoms with Gasteiger partial charge in [0.25, 0.3) is 0 Å². The Balaban J connectivity index is 1.89. The Morgan fingerprint density at radius 3 is 2.07 bits per heavy atom. The molecule has 0 heterocycles. The topological polar surface area (TPSA) is 72.5 Å². The fourth-order valence-electron chi connectivity index (χ4n) is 2.08. The second kappa shape index (κ2) is 9.41. The van der Waals surface area contributed by atoms with Crippen molar-refractivity contribution in [3.8, 4) is 0 Å². The highest BCUT2D eigenvalue weighted by Gasteiger charge is 2.29. The van der Waals surface area contributed by atoms with Gasteiger partial charge < -0.3 is 10.1 Å². The van der Waals surface area contributed by atoms with E-state index < -0.39 is 23.9 Å². The van der Waals surface area contributed by atoms with Crippen molar-refractivity contribution in [1.29, 1.82) is 0 Å². The molecule has 0 aliphatic rings. The smallest absolute Gasteiger partial charge is 0.446 e. The van der Waals surface area contributed by atoms with Crippen LogP contribution in [0.25, 0.3) is 0 Å². The summed E-state index contributed by atoms with van der Waals surface area (Å²) in [7, 11) is 0. The molecule has 0 aliphatic heterocycles. The van der Waals surface area contributed by atoms with E-state index in [1.165, 1.54) is 24.3 Å². The van der Waals surface area contributed by atoms with E-state index in [-0.39, 0.29) is 28.1 Å². The van der Waals surface area contributed by atoms with Crippen molar-refractivity contribution in [2.75, 3.05) is 11.9 Å². The number of thioether (sulfide) groups is 1. The molecule has 28 heavy (non-hydrogen) atoms. The molecule has 1 amide bonds. The standard InChI is InChI=1S/C19H16F3NO4S/c1-2-17(25)23-14-7-3-12(4-8-14)16(24)11-27-18(26)13-5-9-15(10-6-13)28-19(20,21)22/h3-10H,2,11H2,1H3,(H,23,25). The van der Waals surface area contributed by atoms with Crippen LogP contribution >= 0.6 is 11.8 Å². The van der Waals surface area contributed by atoms with Crippen LogP contribution in [0.5, 0.6) is 0 Å². The molecule has 1 N–H and O–H groups in total. The normalized spacial score (nSPS) is 11.0. The molecule has 2 rings (SSSR count). The number of carbonyl (C=O) groups excluding carboxylic acids is 3. The Hall–Kier alpha value is -2.81. The summed E-state index contributed by atoms with van der Waals surface area (Å²) in [6.45, 7) is 1.20. The maximum Gasteiger partial charge on any atom is 0.446 e. The average Bonchev–Trinajstić information content (AvgIpc) is 2.65. The number of alkyl halides is 3. The van der Waals surface area contributed by atoms with Crippen LogP contribution in [0.1, 0.15) is 34.1 Å². The molecule has 0 bridgehead atoms. The van der Waals surface area contributed by atoms with Crippen LogP contribution in [-0.2, 0) is 9.53 Å². The summed E-state index contributed by atoms with van der Waals surface area (Å²) >= 11 is -0.290. The van der Waals surface area contributed by atoms with Gasteiger partial charge >= 0.3 is 11.5 Å². The van der Waals surface area contributed by atoms with Gasteiger partial charge in [-0.05, 0) is 60.3 Å². The minimum absolute atomic E-state index is 0.0388. The third-order valence-electron chi connectivity index (χ3n) is 3.47. The van der Waals surface area contributed by atoms with Gasteiger partial charge in [-0.15, -0.1) is 0 Å². The number of ether oxygens (including phenoxy) is 1. The molecule has 2 aromatic carbocycles. The molecule has 0 saturated heterocycles. The van der Waals surface area contributed by atoms with E-state index in [2.05, 4.69) is 5.32 Å². The highest BCUT2D eigenvalue weighted by molar-refractivity contribution is 8.00. The molecule has 0 fully saturated rings. The largest absolute Gasteiger partial charge is 0.454 e. The van der Waals surface area contributed by atoms with Gasteiger partial charge in [-0.3, -0.25) is 9.59 Å². The molecular formula is C19H16F3NO4S. The van der Waals surface area contributed by atoms with Crippen molar-refractivity contribution in [2.24, 2.45) is 0 Å².